The van der Waals surface area contributed by atoms with Crippen LogP contribution < -0.4 is 4.74 Å². The van der Waals surface area contributed by atoms with Crippen LogP contribution in [0.5, 0.6) is 5.75 Å². The average Bonchev–Trinajstić information content (AvgIpc) is 2.40. The highest BCUT2D eigenvalue weighted by Gasteiger charge is 2.07. The first-order chi connectivity index (χ1) is 9.06. The number of rotatable bonds is 4. The molecule has 19 heavy (non-hydrogen) atoms. The van der Waals surface area contributed by atoms with Gasteiger partial charge >= 0.3 is 0 Å². The monoisotopic (exact) mass is 386 g/mol. The lowest BCUT2D eigenvalue weighted by Gasteiger charge is -2.07. The highest BCUT2D eigenvalue weighted by Crippen LogP contribution is 2.21. The van der Waals surface area contributed by atoms with Crippen LogP contribution in [0.4, 0.5) is 0 Å². The second kappa shape index (κ2) is 6.39. The smallest absolute Gasteiger partial charge is 0.200 e. The van der Waals surface area contributed by atoms with Gasteiger partial charge in [0.15, 0.2) is 12.4 Å². The summed E-state index contributed by atoms with van der Waals surface area (Å²) in [7, 11) is 0. The van der Waals surface area contributed by atoms with Crippen LogP contribution in [0, 0.1) is 10.5 Å². The van der Waals surface area contributed by atoms with Crippen molar-refractivity contribution in [2.75, 3.05) is 6.61 Å². The molecule has 2 aromatic carbocycles. The summed E-state index contributed by atoms with van der Waals surface area (Å²) in [6.45, 7) is 1.93. The summed E-state index contributed by atoms with van der Waals surface area (Å²) in [6, 6.07) is 12.8. The zero-order valence-corrected chi connectivity index (χ0v) is 13.2. The van der Waals surface area contributed by atoms with Gasteiger partial charge in [0.05, 0.1) is 0 Å². The summed E-state index contributed by atoms with van der Waals surface area (Å²) >= 11 is 8.13. The predicted molar refractivity (Wildman–Crippen MR) is 85.2 cm³/mol. The normalized spacial score (nSPS) is 10.3. The van der Waals surface area contributed by atoms with Crippen molar-refractivity contribution in [2.24, 2.45) is 0 Å². The molecule has 2 rings (SSSR count). The molecule has 0 aliphatic carbocycles. The van der Waals surface area contributed by atoms with Crippen molar-refractivity contribution < 1.29 is 9.53 Å². The van der Waals surface area contributed by atoms with Crippen molar-refractivity contribution in [2.45, 2.75) is 6.92 Å². The average molecular weight is 387 g/mol. The van der Waals surface area contributed by atoms with Gasteiger partial charge in [0.25, 0.3) is 0 Å². The Kier molecular flexibility index (Phi) is 4.82. The van der Waals surface area contributed by atoms with E-state index < -0.39 is 0 Å². The Balaban J connectivity index is 2.00. The zero-order chi connectivity index (χ0) is 13.8. The van der Waals surface area contributed by atoms with Crippen molar-refractivity contribution in [3.8, 4) is 5.75 Å². The molecular formula is C15H12ClIO2. The molecule has 0 saturated carbocycles. The first-order valence-corrected chi connectivity index (χ1v) is 7.19. The van der Waals surface area contributed by atoms with Crippen LogP contribution in [-0.2, 0) is 0 Å². The van der Waals surface area contributed by atoms with Crippen molar-refractivity contribution in [3.05, 3.63) is 62.2 Å². The number of aryl methyl sites for hydroxylation is 1. The van der Waals surface area contributed by atoms with Gasteiger partial charge in [0.2, 0.25) is 0 Å². The molecule has 2 nitrogen and oxygen atoms in total. The number of hydrogen-bond donors (Lipinski definition) is 0. The van der Waals surface area contributed by atoms with E-state index in [4.69, 9.17) is 16.3 Å². The molecule has 0 heterocycles. The lowest BCUT2D eigenvalue weighted by molar-refractivity contribution is 0.0921. The molecule has 0 unspecified atom stereocenters. The van der Waals surface area contributed by atoms with Crippen molar-refractivity contribution in [3.63, 3.8) is 0 Å². The molecule has 0 bridgehead atoms. The van der Waals surface area contributed by atoms with E-state index in [1.54, 1.807) is 24.3 Å². The molecule has 0 spiro atoms. The van der Waals surface area contributed by atoms with Crippen molar-refractivity contribution in [1.29, 1.82) is 0 Å². The molecule has 4 heteroatoms. The van der Waals surface area contributed by atoms with Crippen LogP contribution in [0.25, 0.3) is 0 Å². The van der Waals surface area contributed by atoms with E-state index in [9.17, 15) is 4.79 Å². The fraction of sp³-hybridized carbons (Fsp3) is 0.133. The van der Waals surface area contributed by atoms with Gasteiger partial charge in [-0.1, -0.05) is 23.7 Å². The molecule has 0 radical (unpaired) electrons. The highest BCUT2D eigenvalue weighted by atomic mass is 127. The second-order valence-electron chi connectivity index (χ2n) is 4.13. The Morgan fingerprint density at radius 3 is 2.53 bits per heavy atom. The van der Waals surface area contributed by atoms with Crippen molar-refractivity contribution in [1.82, 2.24) is 0 Å². The second-order valence-corrected chi connectivity index (χ2v) is 5.78. The van der Waals surface area contributed by atoms with Gasteiger partial charge < -0.3 is 4.74 Å². The Morgan fingerprint density at radius 1 is 1.21 bits per heavy atom. The molecule has 0 fully saturated rings. The lowest BCUT2D eigenvalue weighted by Crippen LogP contribution is -2.11. The summed E-state index contributed by atoms with van der Waals surface area (Å²) in [5, 5.41) is 0.691. The van der Waals surface area contributed by atoms with E-state index >= 15 is 0 Å². The number of Topliss-reactive ketones (excluding diaryl/α,β-unsaturated/α-hetero) is 1. The van der Waals surface area contributed by atoms with Gasteiger partial charge in [-0.3, -0.25) is 4.79 Å². The number of ether oxygens (including phenoxy) is 1. The Hall–Kier alpha value is -1.07. The lowest BCUT2D eigenvalue weighted by atomic mass is 10.1. The summed E-state index contributed by atoms with van der Waals surface area (Å²) in [5.74, 6) is 0.616. The van der Waals surface area contributed by atoms with E-state index in [0.717, 1.165) is 9.13 Å². The maximum atomic E-state index is 11.9. The van der Waals surface area contributed by atoms with Crippen LogP contribution in [-0.4, -0.2) is 12.4 Å². The van der Waals surface area contributed by atoms with Gasteiger partial charge in [-0.05, 0) is 65.4 Å². The molecule has 0 aromatic heterocycles. The third kappa shape index (κ3) is 3.94. The fourth-order valence-electron chi connectivity index (χ4n) is 1.57. The van der Waals surface area contributed by atoms with E-state index in [1.807, 2.05) is 25.1 Å². The van der Waals surface area contributed by atoms with Gasteiger partial charge in [0, 0.05) is 14.2 Å². The Labute approximate surface area is 130 Å². The topological polar surface area (TPSA) is 26.3 Å². The van der Waals surface area contributed by atoms with Crippen LogP contribution in [0.2, 0.25) is 5.02 Å². The Morgan fingerprint density at radius 2 is 1.89 bits per heavy atom. The highest BCUT2D eigenvalue weighted by molar-refractivity contribution is 14.1. The number of halogens is 2. The third-order valence-corrected chi connectivity index (χ3v) is 3.81. The van der Waals surface area contributed by atoms with E-state index in [2.05, 4.69) is 22.6 Å². The van der Waals surface area contributed by atoms with Crippen LogP contribution in [0.15, 0.2) is 42.5 Å². The largest absolute Gasteiger partial charge is 0.485 e. The predicted octanol–water partition coefficient (Wildman–Crippen LogP) is 4.51. The minimum absolute atomic E-state index is 0.0294. The van der Waals surface area contributed by atoms with Crippen LogP contribution >= 0.6 is 34.2 Å². The number of ketones is 1. The van der Waals surface area contributed by atoms with Gasteiger partial charge in [0.1, 0.15) is 5.75 Å². The minimum Gasteiger partial charge on any atom is -0.485 e. The number of carbonyl (C=O) groups excluding carboxylic acids is 1. The summed E-state index contributed by atoms with van der Waals surface area (Å²) in [4.78, 5) is 11.9. The quantitative estimate of drug-likeness (QED) is 0.571. The molecule has 0 amide bonds. The van der Waals surface area contributed by atoms with Crippen molar-refractivity contribution >= 4 is 40.0 Å². The Bertz CT molecular complexity index is 594. The molecular weight excluding hydrogens is 375 g/mol. The SMILES string of the molecule is Cc1cc(OCC(=O)c2ccc(I)cc2)ccc1Cl. The molecule has 0 aliphatic rings. The van der Waals surface area contributed by atoms with Gasteiger partial charge in [-0.15, -0.1) is 0 Å². The molecule has 0 saturated heterocycles. The fourth-order valence-corrected chi connectivity index (χ4v) is 2.05. The van der Waals surface area contributed by atoms with E-state index in [-0.39, 0.29) is 12.4 Å². The third-order valence-electron chi connectivity index (χ3n) is 2.67. The molecule has 98 valence electrons. The summed E-state index contributed by atoms with van der Waals surface area (Å²) < 4.78 is 6.58. The molecule has 0 aliphatic heterocycles. The number of carbonyl (C=O) groups is 1. The van der Waals surface area contributed by atoms with Gasteiger partial charge in [-0.25, -0.2) is 0 Å². The first-order valence-electron chi connectivity index (χ1n) is 5.74. The maximum absolute atomic E-state index is 11.9. The zero-order valence-electron chi connectivity index (χ0n) is 10.3. The number of benzene rings is 2. The minimum atomic E-state index is -0.0380. The van der Waals surface area contributed by atoms with Gasteiger partial charge in [-0.2, -0.15) is 0 Å². The van der Waals surface area contributed by atoms with Crippen LogP contribution in [0.3, 0.4) is 0 Å². The maximum Gasteiger partial charge on any atom is 0.200 e. The van der Waals surface area contributed by atoms with Crippen LogP contribution in [0.1, 0.15) is 15.9 Å². The molecule has 0 atom stereocenters. The van der Waals surface area contributed by atoms with E-state index in [1.165, 1.54) is 0 Å². The number of hydrogen-bond acceptors (Lipinski definition) is 2. The first kappa shape index (κ1) is 14.3. The molecule has 2 aromatic rings. The summed E-state index contributed by atoms with van der Waals surface area (Å²) in [6.07, 6.45) is 0. The summed E-state index contributed by atoms with van der Waals surface area (Å²) in [5.41, 5.74) is 1.59. The van der Waals surface area contributed by atoms with E-state index in [0.29, 0.717) is 16.3 Å². The standard InChI is InChI=1S/C15H12ClIO2/c1-10-8-13(6-7-14(10)16)19-9-15(18)11-2-4-12(17)5-3-11/h2-8H,9H2,1H3. The molecule has 0 N–H and O–H groups in total.